The van der Waals surface area contributed by atoms with Crippen LogP contribution in [0.25, 0.3) is 55.0 Å². The van der Waals surface area contributed by atoms with E-state index in [9.17, 15) is 0 Å². The smallest absolute Gasteiger partial charge is 0.123 e. The van der Waals surface area contributed by atoms with E-state index in [2.05, 4.69) is 129 Å². The van der Waals surface area contributed by atoms with Gasteiger partial charge in [0.05, 0.1) is 22.1 Å². The lowest BCUT2D eigenvalue weighted by molar-refractivity contribution is 0.779. The van der Waals surface area contributed by atoms with Crippen LogP contribution in [0.5, 0.6) is 0 Å². The molecule has 0 aliphatic heterocycles. The predicted octanol–water partition coefficient (Wildman–Crippen LogP) is 8.96. The number of hydrogen-bond donors (Lipinski definition) is 1. The molecular weight excluding hydrogens is 512 g/mol. The molecule has 8 aromatic rings. The van der Waals surface area contributed by atoms with Gasteiger partial charge in [-0.15, -0.1) is 0 Å². The summed E-state index contributed by atoms with van der Waals surface area (Å²) in [5.41, 5.74) is 15.5. The van der Waals surface area contributed by atoms with Gasteiger partial charge in [-0.25, -0.2) is 0 Å². The standard InChI is InChI=1S/C38H28N4/c39-38(40-25-26-12-3-1-4-13-26)27-14-11-17-29(22-27)42-35-21-10-8-19-31(35)33-23-32-30-18-7-9-20-34(30)41(36(32)24-37(33)42)28-15-5-2-6-16-28/h1-25,38H,39H2. The Hall–Kier alpha value is -5.45. The Morgan fingerprint density at radius 3 is 1.69 bits per heavy atom. The zero-order valence-electron chi connectivity index (χ0n) is 22.9. The van der Waals surface area contributed by atoms with Gasteiger partial charge in [-0.3, -0.25) is 4.99 Å². The Bertz CT molecular complexity index is 2260. The van der Waals surface area contributed by atoms with E-state index in [-0.39, 0.29) is 0 Å². The third-order valence-corrected chi connectivity index (χ3v) is 8.13. The SMILES string of the molecule is NC(N=Cc1ccccc1)c1cccc(-n2c3ccccc3c3cc4c5ccccc5n(-c5ccccc5)c4cc32)c1. The van der Waals surface area contributed by atoms with Crippen molar-refractivity contribution < 1.29 is 0 Å². The van der Waals surface area contributed by atoms with Crippen LogP contribution in [0, 0.1) is 0 Å². The highest BCUT2D eigenvalue weighted by molar-refractivity contribution is 6.19. The number of aromatic nitrogens is 2. The lowest BCUT2D eigenvalue weighted by Gasteiger charge is -2.13. The number of nitrogens with two attached hydrogens (primary N) is 1. The van der Waals surface area contributed by atoms with Crippen LogP contribution in [0.2, 0.25) is 0 Å². The molecule has 0 saturated carbocycles. The maximum absolute atomic E-state index is 6.58. The first-order chi connectivity index (χ1) is 20.8. The maximum Gasteiger partial charge on any atom is 0.123 e. The summed E-state index contributed by atoms with van der Waals surface area (Å²) in [6, 6.07) is 51.1. The zero-order chi connectivity index (χ0) is 28.0. The largest absolute Gasteiger partial charge is 0.309 e. The van der Waals surface area contributed by atoms with Gasteiger partial charge in [0.15, 0.2) is 0 Å². The lowest BCUT2D eigenvalue weighted by Crippen LogP contribution is -2.08. The molecule has 1 unspecified atom stereocenters. The van der Waals surface area contributed by atoms with Gasteiger partial charge in [0.2, 0.25) is 0 Å². The predicted molar refractivity (Wildman–Crippen MR) is 176 cm³/mol. The summed E-state index contributed by atoms with van der Waals surface area (Å²) in [4.78, 5) is 4.66. The summed E-state index contributed by atoms with van der Waals surface area (Å²) < 4.78 is 4.73. The minimum atomic E-state index is -0.467. The molecular formula is C38H28N4. The van der Waals surface area contributed by atoms with Crippen LogP contribution in [0.3, 0.4) is 0 Å². The van der Waals surface area contributed by atoms with Gasteiger partial charge < -0.3 is 14.9 Å². The summed E-state index contributed by atoms with van der Waals surface area (Å²) in [6.07, 6.45) is 1.38. The van der Waals surface area contributed by atoms with Crippen molar-refractivity contribution in [3.63, 3.8) is 0 Å². The number of nitrogens with zero attached hydrogens (tertiary/aromatic N) is 3. The molecule has 0 radical (unpaired) electrons. The highest BCUT2D eigenvalue weighted by Crippen LogP contribution is 2.39. The first-order valence-corrected chi connectivity index (χ1v) is 14.2. The number of fused-ring (bicyclic) bond motifs is 6. The number of hydrogen-bond acceptors (Lipinski definition) is 2. The highest BCUT2D eigenvalue weighted by Gasteiger charge is 2.18. The van der Waals surface area contributed by atoms with Gasteiger partial charge >= 0.3 is 0 Å². The quantitative estimate of drug-likeness (QED) is 0.218. The number of aliphatic imine (C=N–C) groups is 1. The molecule has 0 aliphatic carbocycles. The number of benzene rings is 6. The second-order valence-corrected chi connectivity index (χ2v) is 10.7. The van der Waals surface area contributed by atoms with Crippen molar-refractivity contribution in [3.05, 3.63) is 157 Å². The Balaban J connectivity index is 1.36. The zero-order valence-corrected chi connectivity index (χ0v) is 22.9. The fourth-order valence-electron chi connectivity index (χ4n) is 6.20. The van der Waals surface area contributed by atoms with Crippen LogP contribution >= 0.6 is 0 Å². The van der Waals surface area contributed by atoms with Crippen molar-refractivity contribution in [1.29, 1.82) is 0 Å². The molecule has 0 bridgehead atoms. The molecule has 200 valence electrons. The molecule has 4 nitrogen and oxygen atoms in total. The Kier molecular flexibility index (Phi) is 5.73. The van der Waals surface area contributed by atoms with E-state index in [1.807, 2.05) is 36.5 Å². The average molecular weight is 541 g/mol. The molecule has 2 heterocycles. The normalized spacial score (nSPS) is 12.7. The van der Waals surface area contributed by atoms with Crippen molar-refractivity contribution >= 4 is 49.8 Å². The Labute approximate surface area is 243 Å². The van der Waals surface area contributed by atoms with E-state index in [0.29, 0.717) is 0 Å². The third kappa shape index (κ3) is 3.92. The molecule has 0 fully saturated rings. The van der Waals surface area contributed by atoms with Crippen LogP contribution in [-0.4, -0.2) is 15.3 Å². The minimum absolute atomic E-state index is 0.467. The van der Waals surface area contributed by atoms with Crippen molar-refractivity contribution in [2.45, 2.75) is 6.17 Å². The van der Waals surface area contributed by atoms with Gasteiger partial charge in [0.25, 0.3) is 0 Å². The van der Waals surface area contributed by atoms with E-state index < -0.39 is 6.17 Å². The van der Waals surface area contributed by atoms with E-state index in [4.69, 9.17) is 5.73 Å². The van der Waals surface area contributed by atoms with E-state index in [1.54, 1.807) is 0 Å². The van der Waals surface area contributed by atoms with E-state index >= 15 is 0 Å². The van der Waals surface area contributed by atoms with Crippen LogP contribution in [0.1, 0.15) is 17.3 Å². The topological polar surface area (TPSA) is 48.2 Å². The molecule has 0 spiro atoms. The van der Waals surface area contributed by atoms with Crippen LogP contribution in [0.15, 0.2) is 151 Å². The Morgan fingerprint density at radius 1 is 0.476 bits per heavy atom. The molecule has 6 aromatic carbocycles. The molecule has 4 heteroatoms. The molecule has 8 rings (SSSR count). The fraction of sp³-hybridized carbons (Fsp3) is 0.0263. The molecule has 1 atom stereocenters. The molecule has 42 heavy (non-hydrogen) atoms. The fourth-order valence-corrected chi connectivity index (χ4v) is 6.20. The van der Waals surface area contributed by atoms with E-state index in [0.717, 1.165) is 33.5 Å². The van der Waals surface area contributed by atoms with Crippen molar-refractivity contribution in [3.8, 4) is 11.4 Å². The van der Waals surface area contributed by atoms with Gasteiger partial charge in [-0.1, -0.05) is 97.1 Å². The van der Waals surface area contributed by atoms with E-state index in [1.165, 1.54) is 32.6 Å². The first-order valence-electron chi connectivity index (χ1n) is 14.2. The summed E-state index contributed by atoms with van der Waals surface area (Å²) in [5.74, 6) is 0. The van der Waals surface area contributed by atoms with Gasteiger partial charge in [0, 0.05) is 39.1 Å². The number of para-hydroxylation sites is 3. The second-order valence-electron chi connectivity index (χ2n) is 10.7. The second kappa shape index (κ2) is 9.88. The molecule has 0 amide bonds. The maximum atomic E-state index is 6.58. The monoisotopic (exact) mass is 540 g/mol. The first kappa shape index (κ1) is 24.4. The average Bonchev–Trinajstić information content (AvgIpc) is 3.55. The lowest BCUT2D eigenvalue weighted by atomic mass is 10.1. The van der Waals surface area contributed by atoms with Crippen LogP contribution < -0.4 is 5.73 Å². The summed E-state index contributed by atoms with van der Waals surface area (Å²) in [7, 11) is 0. The molecule has 2 N–H and O–H groups in total. The van der Waals surface area contributed by atoms with Crippen LogP contribution in [-0.2, 0) is 0 Å². The molecule has 0 saturated heterocycles. The van der Waals surface area contributed by atoms with Gasteiger partial charge in [-0.2, -0.15) is 0 Å². The van der Waals surface area contributed by atoms with Crippen LogP contribution in [0.4, 0.5) is 0 Å². The minimum Gasteiger partial charge on any atom is -0.309 e. The third-order valence-electron chi connectivity index (χ3n) is 8.13. The summed E-state index contributed by atoms with van der Waals surface area (Å²) >= 11 is 0. The summed E-state index contributed by atoms with van der Waals surface area (Å²) in [6.45, 7) is 0. The summed E-state index contributed by atoms with van der Waals surface area (Å²) in [5, 5.41) is 4.95. The van der Waals surface area contributed by atoms with Crippen molar-refractivity contribution in [2.24, 2.45) is 10.7 Å². The number of rotatable bonds is 5. The van der Waals surface area contributed by atoms with Gasteiger partial charge in [0.1, 0.15) is 6.17 Å². The van der Waals surface area contributed by atoms with Gasteiger partial charge in [-0.05, 0) is 59.7 Å². The Morgan fingerprint density at radius 2 is 1.02 bits per heavy atom. The molecule has 0 aliphatic rings. The van der Waals surface area contributed by atoms with Crippen molar-refractivity contribution in [1.82, 2.24) is 9.13 Å². The molecule has 2 aromatic heterocycles. The highest BCUT2D eigenvalue weighted by atomic mass is 15.0. The van der Waals surface area contributed by atoms with Crippen molar-refractivity contribution in [2.75, 3.05) is 0 Å².